The number of ether oxygens (including phenoxy) is 1. The van der Waals surface area contributed by atoms with Crippen molar-refractivity contribution >= 4 is 22.6 Å². The zero-order valence-electron chi connectivity index (χ0n) is 19.7. The number of pyridine rings is 1. The first kappa shape index (κ1) is 21.9. The zero-order chi connectivity index (χ0) is 24.0. The molecule has 1 N–H and O–H groups in total. The van der Waals surface area contributed by atoms with Gasteiger partial charge in [-0.1, -0.05) is 6.07 Å². The second kappa shape index (κ2) is 8.48. The van der Waals surface area contributed by atoms with Gasteiger partial charge in [0.05, 0.1) is 12.6 Å². The lowest BCUT2D eigenvalue weighted by molar-refractivity contribution is 0.0787. The molecule has 2 aromatic carbocycles. The summed E-state index contributed by atoms with van der Waals surface area (Å²) in [6.45, 7) is 7.12. The van der Waals surface area contributed by atoms with Gasteiger partial charge in [-0.25, -0.2) is 9.37 Å². The first-order chi connectivity index (χ1) is 16.4. The summed E-state index contributed by atoms with van der Waals surface area (Å²) in [5.74, 6) is 0.999. The Morgan fingerprint density at radius 2 is 2.00 bits per heavy atom. The van der Waals surface area contributed by atoms with Crippen LogP contribution in [0.25, 0.3) is 10.9 Å². The van der Waals surface area contributed by atoms with E-state index in [2.05, 4.69) is 20.9 Å². The fraction of sp³-hybridized carbons (Fsp3) is 0.259. The third-order valence-corrected chi connectivity index (χ3v) is 6.59. The van der Waals surface area contributed by atoms with E-state index in [0.717, 1.165) is 27.7 Å². The molecule has 1 aliphatic heterocycles. The van der Waals surface area contributed by atoms with Crippen LogP contribution in [0.5, 0.6) is 11.5 Å². The number of carbonyl (C=O) groups is 1. The Morgan fingerprint density at radius 1 is 1.18 bits per heavy atom. The smallest absolute Gasteiger partial charge is 0.254 e. The molecule has 2 aromatic heterocycles. The third-order valence-electron chi connectivity index (χ3n) is 6.59. The molecule has 174 valence electrons. The highest BCUT2D eigenvalue weighted by molar-refractivity contribution is 5.99. The van der Waals surface area contributed by atoms with Crippen LogP contribution in [-0.4, -0.2) is 26.9 Å². The normalized spacial score (nSPS) is 13.9. The van der Waals surface area contributed by atoms with E-state index in [0.29, 0.717) is 30.2 Å². The Bertz CT molecular complexity index is 1410. The van der Waals surface area contributed by atoms with Crippen LogP contribution in [0.15, 0.2) is 54.7 Å². The van der Waals surface area contributed by atoms with Crippen LogP contribution < -0.4 is 10.1 Å². The molecular weight excluding hydrogens is 431 g/mol. The molecule has 0 spiro atoms. The Hall–Kier alpha value is -3.87. The van der Waals surface area contributed by atoms with Crippen molar-refractivity contribution in [1.82, 2.24) is 14.5 Å². The molecule has 1 amide bonds. The van der Waals surface area contributed by atoms with Crippen molar-refractivity contribution < 1.29 is 13.9 Å². The van der Waals surface area contributed by atoms with Crippen LogP contribution in [0, 0.1) is 12.7 Å². The largest absolute Gasteiger partial charge is 0.454 e. The number of nitrogens with one attached hydrogen (secondary N) is 1. The number of nitrogens with zero attached hydrogens (tertiary/aromatic N) is 3. The molecule has 7 heteroatoms. The number of carbonyl (C=O) groups excluding carboxylic acids is 1. The van der Waals surface area contributed by atoms with Crippen molar-refractivity contribution in [3.05, 3.63) is 82.9 Å². The van der Waals surface area contributed by atoms with Gasteiger partial charge in [0.25, 0.3) is 5.91 Å². The number of benzene rings is 2. The van der Waals surface area contributed by atoms with E-state index in [1.807, 2.05) is 52.1 Å². The summed E-state index contributed by atoms with van der Waals surface area (Å²) < 4.78 is 22.9. The van der Waals surface area contributed by atoms with Crippen LogP contribution in [0.1, 0.15) is 47.1 Å². The van der Waals surface area contributed by atoms with Gasteiger partial charge in [0.2, 0.25) is 0 Å². The van der Waals surface area contributed by atoms with Crippen molar-refractivity contribution in [1.29, 1.82) is 0 Å². The van der Waals surface area contributed by atoms with E-state index in [1.54, 1.807) is 23.2 Å². The molecule has 4 aromatic rings. The molecule has 34 heavy (non-hydrogen) atoms. The number of fused-ring (bicyclic) bond motifs is 2. The molecule has 0 saturated heterocycles. The van der Waals surface area contributed by atoms with E-state index in [4.69, 9.17) is 4.74 Å². The molecule has 5 rings (SSSR count). The minimum absolute atomic E-state index is 0.0204. The number of aromatic nitrogens is 2. The van der Waals surface area contributed by atoms with Gasteiger partial charge in [0.1, 0.15) is 11.6 Å². The van der Waals surface area contributed by atoms with E-state index < -0.39 is 5.82 Å². The summed E-state index contributed by atoms with van der Waals surface area (Å²) in [4.78, 5) is 18.7. The second-order valence-electron chi connectivity index (χ2n) is 8.73. The first-order valence-electron chi connectivity index (χ1n) is 11.4. The number of anilines is 1. The fourth-order valence-electron chi connectivity index (χ4n) is 4.48. The molecule has 0 saturated carbocycles. The maximum absolute atomic E-state index is 15.0. The number of rotatable bonds is 6. The van der Waals surface area contributed by atoms with Crippen LogP contribution in [0.2, 0.25) is 0 Å². The molecule has 1 unspecified atom stereocenters. The Kier molecular flexibility index (Phi) is 5.48. The quantitative estimate of drug-likeness (QED) is 0.387. The second-order valence-corrected chi connectivity index (χ2v) is 8.73. The molecule has 1 aliphatic rings. The lowest BCUT2D eigenvalue weighted by Crippen LogP contribution is -2.22. The SMILES string of the molecule is CCN1Cc2c(ccnc2NC(C)c2ccc(Oc3ccc4c(c3)cc(C)n4C)c(F)c2)C1=O. The average molecular weight is 459 g/mol. The molecule has 0 bridgehead atoms. The standard InChI is InChI=1S/C27H27FN4O2/c1-5-32-15-22-21(27(32)33)10-11-29-26(22)30-17(3)18-6-9-25(23(28)14-18)34-20-7-8-24-19(13-20)12-16(2)31(24)4/h6-14,17H,5,15H2,1-4H3,(H,29,30). The van der Waals surface area contributed by atoms with Gasteiger partial charge in [0, 0.05) is 47.5 Å². The van der Waals surface area contributed by atoms with Crippen molar-refractivity contribution in [3.63, 3.8) is 0 Å². The summed E-state index contributed by atoms with van der Waals surface area (Å²) >= 11 is 0. The van der Waals surface area contributed by atoms with Gasteiger partial charge in [-0.3, -0.25) is 4.79 Å². The summed E-state index contributed by atoms with van der Waals surface area (Å²) in [6, 6.07) is 14.3. The maximum Gasteiger partial charge on any atom is 0.254 e. The van der Waals surface area contributed by atoms with Gasteiger partial charge in [0.15, 0.2) is 11.6 Å². The summed E-state index contributed by atoms with van der Waals surface area (Å²) in [7, 11) is 2.02. The minimum Gasteiger partial charge on any atom is -0.454 e. The number of hydrogen-bond acceptors (Lipinski definition) is 4. The maximum atomic E-state index is 15.0. The first-order valence-corrected chi connectivity index (χ1v) is 11.4. The lowest BCUT2D eigenvalue weighted by atomic mass is 10.1. The monoisotopic (exact) mass is 458 g/mol. The Balaban J connectivity index is 1.34. The minimum atomic E-state index is -0.436. The van der Waals surface area contributed by atoms with Crippen molar-refractivity contribution in [2.75, 3.05) is 11.9 Å². The molecule has 0 radical (unpaired) electrons. The molecule has 3 heterocycles. The average Bonchev–Trinajstić information content (AvgIpc) is 3.31. The Morgan fingerprint density at radius 3 is 2.76 bits per heavy atom. The van der Waals surface area contributed by atoms with Gasteiger partial charge in [-0.05, 0) is 68.8 Å². The van der Waals surface area contributed by atoms with Crippen LogP contribution in [0.3, 0.4) is 0 Å². The topological polar surface area (TPSA) is 59.4 Å². The predicted octanol–water partition coefficient (Wildman–Crippen LogP) is 5.96. The highest BCUT2D eigenvalue weighted by Gasteiger charge is 2.29. The number of halogens is 1. The van der Waals surface area contributed by atoms with Gasteiger partial charge in [-0.15, -0.1) is 0 Å². The van der Waals surface area contributed by atoms with Gasteiger partial charge in [-0.2, -0.15) is 0 Å². The van der Waals surface area contributed by atoms with Crippen molar-refractivity contribution in [2.24, 2.45) is 7.05 Å². The molecule has 0 aliphatic carbocycles. The molecular formula is C27H27FN4O2. The van der Waals surface area contributed by atoms with Crippen molar-refractivity contribution in [2.45, 2.75) is 33.4 Å². The Labute approximate surface area is 198 Å². The summed E-state index contributed by atoms with van der Waals surface area (Å²) in [5.41, 5.74) is 4.56. The predicted molar refractivity (Wildman–Crippen MR) is 131 cm³/mol. The third kappa shape index (κ3) is 3.77. The number of aryl methyl sites for hydroxylation is 2. The van der Waals surface area contributed by atoms with Crippen LogP contribution >= 0.6 is 0 Å². The van der Waals surface area contributed by atoms with Crippen LogP contribution in [-0.2, 0) is 13.6 Å². The molecule has 1 atom stereocenters. The molecule has 0 fully saturated rings. The van der Waals surface area contributed by atoms with Gasteiger partial charge < -0.3 is 19.5 Å². The number of hydrogen-bond donors (Lipinski definition) is 1. The molecule has 6 nitrogen and oxygen atoms in total. The van der Waals surface area contributed by atoms with Gasteiger partial charge >= 0.3 is 0 Å². The van der Waals surface area contributed by atoms with E-state index in [9.17, 15) is 9.18 Å². The lowest BCUT2D eigenvalue weighted by Gasteiger charge is -2.18. The number of amides is 1. The van der Waals surface area contributed by atoms with E-state index >= 15 is 0 Å². The van der Waals surface area contributed by atoms with E-state index in [1.165, 1.54) is 6.07 Å². The van der Waals surface area contributed by atoms with Crippen LogP contribution in [0.4, 0.5) is 10.2 Å². The van der Waals surface area contributed by atoms with E-state index in [-0.39, 0.29) is 17.7 Å². The van der Waals surface area contributed by atoms with Crippen molar-refractivity contribution in [3.8, 4) is 11.5 Å². The fourth-order valence-corrected chi connectivity index (χ4v) is 4.48. The zero-order valence-corrected chi connectivity index (χ0v) is 19.7. The highest BCUT2D eigenvalue weighted by Crippen LogP contribution is 2.32. The summed E-state index contributed by atoms with van der Waals surface area (Å²) in [6.07, 6.45) is 1.63. The summed E-state index contributed by atoms with van der Waals surface area (Å²) in [5, 5.41) is 4.40. The highest BCUT2D eigenvalue weighted by atomic mass is 19.1.